The first-order valence-corrected chi connectivity index (χ1v) is 34.6. The lowest BCUT2D eigenvalue weighted by Crippen LogP contribution is -2.43. The zero-order valence-electron chi connectivity index (χ0n) is 62.4. The first kappa shape index (κ1) is 93.0. The summed E-state index contributed by atoms with van der Waals surface area (Å²) in [7, 11) is 1.72. The lowest BCUT2D eigenvalue weighted by molar-refractivity contribution is 0.0570. The van der Waals surface area contributed by atoms with Crippen molar-refractivity contribution in [2.24, 2.45) is 0 Å². The van der Waals surface area contributed by atoms with Gasteiger partial charge in [-0.3, -0.25) is 38.4 Å². The molecule has 0 saturated heterocycles. The number of anilines is 1. The van der Waals surface area contributed by atoms with E-state index in [2.05, 4.69) is 47.9 Å². The number of nitrogens with one attached hydrogen (secondary N) is 9. The molecule has 0 aliphatic rings. The van der Waals surface area contributed by atoms with Crippen molar-refractivity contribution in [2.75, 3.05) is 64.8 Å². The quantitative estimate of drug-likeness (QED) is 0.0207. The summed E-state index contributed by atoms with van der Waals surface area (Å²) in [5, 5.41) is 113. The summed E-state index contributed by atoms with van der Waals surface area (Å²) in [5.41, 5.74) is 1.26. The van der Waals surface area contributed by atoms with Crippen molar-refractivity contribution in [3.8, 4) is 23.0 Å². The molecular weight excluding hydrogens is 1570 g/mol. The SMILES string of the molecule is CCc1ccc(COC(=O)N[C@@H](CC)CNC(=O)c2cc(=O)c(O)c(C(=O)O)o2)cc1.CNc1cccc([C@H](CO)OC(=O)NCCNC(=O)c2cc(=O)c(O)c(C(=O)O)o2)c1.O=C(NCCNC(=O)c1cc(=O)c(O)c(C(=O)O)o1)OCc1cccc(CO)c1.O=C(NCCNC(=O)c1cc(=O)c(O)c(C(=O)O)o1)OCc1ccccc1. The van der Waals surface area contributed by atoms with Crippen LogP contribution in [0.15, 0.2) is 164 Å². The summed E-state index contributed by atoms with van der Waals surface area (Å²) in [6.45, 7) is 3.12. The van der Waals surface area contributed by atoms with Gasteiger partial charge in [0.25, 0.3) is 46.7 Å². The second kappa shape index (κ2) is 47.1. The van der Waals surface area contributed by atoms with E-state index in [4.69, 9.17) is 62.1 Å². The number of benzene rings is 4. The number of hydrogen-bond donors (Lipinski definition) is 19. The van der Waals surface area contributed by atoms with Crippen LogP contribution in [0.3, 0.4) is 0 Å². The molecule has 0 bridgehead atoms. The van der Waals surface area contributed by atoms with Gasteiger partial charge in [0, 0.05) is 88.9 Å². The first-order chi connectivity index (χ1) is 56.2. The highest BCUT2D eigenvalue weighted by molar-refractivity contribution is 5.96. The molecule has 0 aliphatic carbocycles. The van der Waals surface area contributed by atoms with E-state index in [-0.39, 0.29) is 72.2 Å². The van der Waals surface area contributed by atoms with Crippen LogP contribution < -0.4 is 69.6 Å². The molecule has 628 valence electrons. The topological polar surface area (TPSA) is 673 Å². The highest BCUT2D eigenvalue weighted by Gasteiger charge is 2.27. The minimum Gasteiger partial charge on any atom is -0.501 e. The summed E-state index contributed by atoms with van der Waals surface area (Å²) in [6, 6.07) is 32.7. The number of aromatic hydroxyl groups is 4. The molecule has 4 heterocycles. The number of carboxylic acid groups (broad SMARTS) is 4. The Balaban J connectivity index is 0.000000281. The maximum atomic E-state index is 12.2. The van der Waals surface area contributed by atoms with Crippen molar-refractivity contribution < 1.29 is 145 Å². The van der Waals surface area contributed by atoms with E-state index in [1.54, 1.807) is 74.6 Å². The number of ether oxygens (including phenoxy) is 4. The molecule has 8 aromatic rings. The van der Waals surface area contributed by atoms with Crippen LogP contribution in [0.4, 0.5) is 24.9 Å². The summed E-state index contributed by atoms with van der Waals surface area (Å²) >= 11 is 0. The van der Waals surface area contributed by atoms with Crippen LogP contribution in [0.25, 0.3) is 0 Å². The average molecular weight is 1650 g/mol. The molecule has 4 aromatic carbocycles. The number of aliphatic hydroxyl groups excluding tert-OH is 2. The largest absolute Gasteiger partial charge is 0.501 e. The molecule has 43 heteroatoms. The minimum absolute atomic E-state index is 0.0112. The monoisotopic (exact) mass is 1650 g/mol. The van der Waals surface area contributed by atoms with Crippen LogP contribution >= 0.6 is 0 Å². The van der Waals surface area contributed by atoms with Crippen molar-refractivity contribution in [3.63, 3.8) is 0 Å². The van der Waals surface area contributed by atoms with E-state index in [1.165, 1.54) is 5.56 Å². The standard InChI is InChI=1S/C21H24N2O8.C19H21N3O9.C18H18N2O9.C17H16N2O8/c1-3-12-5-7-13(8-6-12)11-30-21(29)23-14(4-2)10-22-19(26)16-9-15(24)17(25)18(31-16)20(27)28;1-20-11-4-2-3-10(7-11)14(9-23)31-19(29)22-6-5-21-17(26)13-8-12(24)15(25)16(30-13)18(27)28;21-8-10-2-1-3-11(6-10)9-28-18(27)20-5-4-19-16(24)13-7-12(22)14(23)15(29-13)17(25)26;20-11-8-12(27-14(13(11)21)16(23)24)15(22)18-6-7-19-17(25)26-9-10-4-2-1-3-5-10/h5-9,14,25H,3-4,10-11H2,1-2H3,(H,22,26)(H,23,29)(H,27,28);2-4,7-8,14,20,23,25H,5-6,9H2,1H3,(H,21,26)(H,22,29)(H,27,28);1-3,6-7,21,23H,4-5,8-9H2,(H,19,24)(H,20,27)(H,25,26);1-5,8,21H,6-7,9H2,(H,18,22)(H,19,25)(H,23,24)/t2*14-;;/m00../s1. The third kappa shape index (κ3) is 30.2. The predicted octanol–water partition coefficient (Wildman–Crippen LogP) is 3.21. The van der Waals surface area contributed by atoms with Crippen molar-refractivity contribution in [1.82, 2.24) is 42.5 Å². The van der Waals surface area contributed by atoms with Crippen LogP contribution in [0, 0.1) is 0 Å². The Hall–Kier alpha value is -15.6. The molecule has 0 spiro atoms. The number of hydrogen-bond acceptors (Lipinski definition) is 31. The second-order valence-corrected chi connectivity index (χ2v) is 23.7. The zero-order valence-corrected chi connectivity index (χ0v) is 62.4. The third-order valence-corrected chi connectivity index (χ3v) is 15.2. The van der Waals surface area contributed by atoms with Crippen molar-refractivity contribution in [3.05, 3.63) is 248 Å². The summed E-state index contributed by atoms with van der Waals surface area (Å²) < 4.78 is 39.2. The Morgan fingerprint density at radius 2 is 0.746 bits per heavy atom. The Labute approximate surface area is 663 Å². The van der Waals surface area contributed by atoms with Gasteiger partial charge in [-0.1, -0.05) is 105 Å². The number of aromatic carboxylic acids is 4. The van der Waals surface area contributed by atoms with E-state index >= 15 is 0 Å². The Morgan fingerprint density at radius 3 is 1.14 bits per heavy atom. The average Bonchev–Trinajstić information content (AvgIpc) is 0.837. The van der Waals surface area contributed by atoms with Crippen molar-refractivity contribution >= 4 is 77.6 Å². The van der Waals surface area contributed by atoms with Gasteiger partial charge in [0.05, 0.1) is 13.2 Å². The lowest BCUT2D eigenvalue weighted by atomic mass is 10.1. The van der Waals surface area contributed by atoms with Gasteiger partial charge in [0.15, 0.2) is 29.1 Å². The normalized spacial score (nSPS) is 10.8. The molecule has 43 nitrogen and oxygen atoms in total. The van der Waals surface area contributed by atoms with Gasteiger partial charge in [-0.2, -0.15) is 0 Å². The van der Waals surface area contributed by atoms with E-state index < -0.39 is 181 Å². The minimum atomic E-state index is -1.72. The molecule has 0 saturated carbocycles. The molecule has 8 amide bonds. The van der Waals surface area contributed by atoms with Crippen molar-refractivity contribution in [2.45, 2.75) is 65.3 Å². The van der Waals surface area contributed by atoms with Crippen LogP contribution in [-0.4, -0.2) is 188 Å². The smallest absolute Gasteiger partial charge is 0.407 e. The number of carboxylic acids is 4. The number of rotatable bonds is 33. The zero-order chi connectivity index (χ0) is 87.1. The molecule has 0 radical (unpaired) electrons. The summed E-state index contributed by atoms with van der Waals surface area (Å²) in [4.78, 5) is 185. The molecule has 2 atom stereocenters. The maximum Gasteiger partial charge on any atom is 0.407 e. The fourth-order valence-electron chi connectivity index (χ4n) is 9.16. The highest BCUT2D eigenvalue weighted by atomic mass is 16.6. The fraction of sp³-hybridized carbons (Fsp3) is 0.253. The molecular formula is C75H79N9O34. The molecule has 8 rings (SSSR count). The van der Waals surface area contributed by atoms with Crippen LogP contribution in [0.1, 0.15) is 144 Å². The van der Waals surface area contributed by atoms with E-state index in [9.17, 15) is 102 Å². The number of aliphatic hydroxyl groups is 2. The van der Waals surface area contributed by atoms with Crippen LogP contribution in [-0.2, 0) is 51.8 Å². The van der Waals surface area contributed by atoms with Gasteiger partial charge in [-0.05, 0) is 58.4 Å². The van der Waals surface area contributed by atoms with Gasteiger partial charge in [0.1, 0.15) is 19.8 Å². The molecule has 19 N–H and O–H groups in total. The van der Waals surface area contributed by atoms with Crippen LogP contribution in [0.2, 0.25) is 0 Å². The fourth-order valence-corrected chi connectivity index (χ4v) is 9.16. The number of aryl methyl sites for hydroxylation is 1. The Bertz CT molecular complexity index is 5140. The van der Waals surface area contributed by atoms with Gasteiger partial charge in [-0.25, -0.2) is 38.4 Å². The summed E-state index contributed by atoms with van der Waals surface area (Å²) in [6.07, 6.45) is -2.45. The molecule has 0 fully saturated rings. The molecule has 118 heavy (non-hydrogen) atoms. The third-order valence-electron chi connectivity index (χ3n) is 15.2. The Morgan fingerprint density at radius 1 is 0.390 bits per heavy atom. The van der Waals surface area contributed by atoms with Gasteiger partial charge < -0.3 is 136 Å². The lowest BCUT2D eigenvalue weighted by Gasteiger charge is -2.17. The van der Waals surface area contributed by atoms with E-state index in [1.807, 2.05) is 49.4 Å². The first-order valence-electron chi connectivity index (χ1n) is 34.6. The maximum absolute atomic E-state index is 12.2. The predicted molar refractivity (Wildman–Crippen MR) is 402 cm³/mol. The molecule has 4 aromatic heterocycles. The van der Waals surface area contributed by atoms with Gasteiger partial charge >= 0.3 is 48.3 Å². The Kier molecular flexibility index (Phi) is 37.1. The highest BCUT2D eigenvalue weighted by Crippen LogP contribution is 2.22. The number of carbonyl (C=O) groups is 12. The van der Waals surface area contributed by atoms with Crippen molar-refractivity contribution in [1.29, 1.82) is 0 Å². The number of amides is 8. The second-order valence-electron chi connectivity index (χ2n) is 23.7. The molecule has 0 aliphatic heterocycles. The van der Waals surface area contributed by atoms with E-state index in [0.717, 1.165) is 23.2 Å². The van der Waals surface area contributed by atoms with Gasteiger partial charge in [0.2, 0.25) is 44.7 Å². The molecule has 0 unspecified atom stereocenters. The van der Waals surface area contributed by atoms with E-state index in [0.29, 0.717) is 47.4 Å². The number of carbonyl (C=O) groups excluding carboxylic acids is 8. The van der Waals surface area contributed by atoms with Gasteiger partial charge in [-0.15, -0.1) is 0 Å². The summed E-state index contributed by atoms with van der Waals surface area (Å²) in [5.74, 6) is -21.3. The van der Waals surface area contributed by atoms with Crippen LogP contribution in [0.5, 0.6) is 23.0 Å². The number of alkyl carbamates (subject to hydrolysis) is 4.